The number of Topliss-reactive ketones (excluding diaryl/α,β-unsaturated/α-hetero) is 1. The Morgan fingerprint density at radius 3 is 2.00 bits per heavy atom. The monoisotopic (exact) mass is 651 g/mol. The summed E-state index contributed by atoms with van der Waals surface area (Å²) in [5, 5.41) is 10.5. The largest absolute Gasteiger partial charge is 1.00 e. The van der Waals surface area contributed by atoms with Gasteiger partial charge in [-0.3, -0.25) is 9.59 Å². The maximum Gasteiger partial charge on any atom is 1.00 e. The van der Waals surface area contributed by atoms with E-state index in [9.17, 15) is 4.79 Å². The van der Waals surface area contributed by atoms with E-state index in [0.29, 0.717) is 21.4 Å². The molecule has 5 aromatic rings. The SMILES string of the molecule is Clc1ccc2nc(-c3ccccc3)sc2n1.O=C(Cc1ccc(Cl)nc1Cl)c1ccccc1.O=CO[O-].[H-].[K+].[K+]. The minimum absolute atomic E-state index is 0. The normalized spacial score (nSPS) is 9.44. The second-order valence-electron chi connectivity index (χ2n) is 7.09. The van der Waals surface area contributed by atoms with Gasteiger partial charge in [-0.25, -0.2) is 15.0 Å². The third-order valence-corrected chi connectivity index (χ3v) is 6.38. The van der Waals surface area contributed by atoms with Gasteiger partial charge in [-0.2, -0.15) is 0 Å². The summed E-state index contributed by atoms with van der Waals surface area (Å²) in [6, 6.07) is 26.2. The number of carbonyl (C=O) groups is 2. The summed E-state index contributed by atoms with van der Waals surface area (Å²) in [4.78, 5) is 36.7. The molecule has 0 spiro atoms. The topological polar surface area (TPSA) is 105 Å². The third kappa shape index (κ3) is 12.3. The number of halogens is 3. The van der Waals surface area contributed by atoms with E-state index in [2.05, 4.69) is 19.8 Å². The zero-order valence-electron chi connectivity index (χ0n) is 21.9. The molecule has 5 rings (SSSR count). The number of aromatic nitrogens is 3. The van der Waals surface area contributed by atoms with Crippen LogP contribution in [0.1, 0.15) is 17.3 Å². The van der Waals surface area contributed by atoms with Gasteiger partial charge in [0.1, 0.15) is 30.8 Å². The molecule has 0 unspecified atom stereocenters. The Morgan fingerprint density at radius 1 is 0.846 bits per heavy atom. The van der Waals surface area contributed by atoms with Gasteiger partial charge in [0.15, 0.2) is 5.78 Å². The van der Waals surface area contributed by atoms with E-state index in [4.69, 9.17) is 44.9 Å². The molecule has 39 heavy (non-hydrogen) atoms. The van der Waals surface area contributed by atoms with Gasteiger partial charge in [0.25, 0.3) is 6.47 Å². The maximum absolute atomic E-state index is 11.9. The molecule has 2 aromatic carbocycles. The summed E-state index contributed by atoms with van der Waals surface area (Å²) < 4.78 is 0. The molecule has 0 aliphatic carbocycles. The average Bonchev–Trinajstić information content (AvgIpc) is 3.35. The maximum atomic E-state index is 11.9. The second-order valence-corrected chi connectivity index (χ2v) is 9.20. The van der Waals surface area contributed by atoms with E-state index in [1.54, 1.807) is 41.7 Å². The van der Waals surface area contributed by atoms with Gasteiger partial charge in [-0.05, 0) is 23.8 Å². The van der Waals surface area contributed by atoms with Crippen molar-refractivity contribution in [1.29, 1.82) is 0 Å². The van der Waals surface area contributed by atoms with Gasteiger partial charge in [0.05, 0.1) is 0 Å². The molecule has 0 bridgehead atoms. The minimum atomic E-state index is -0.181. The molecule has 0 radical (unpaired) electrons. The zero-order chi connectivity index (χ0) is 26.6. The number of thiazole rings is 1. The van der Waals surface area contributed by atoms with Gasteiger partial charge >= 0.3 is 103 Å². The molecule has 13 heteroatoms. The molecule has 0 saturated heterocycles. The van der Waals surface area contributed by atoms with E-state index in [1.807, 2.05) is 54.6 Å². The van der Waals surface area contributed by atoms with E-state index in [-0.39, 0.29) is 128 Å². The first-order chi connectivity index (χ1) is 17.9. The van der Waals surface area contributed by atoms with Gasteiger partial charge in [-0.1, -0.05) is 113 Å². The molecule has 0 atom stereocenters. The summed E-state index contributed by atoms with van der Waals surface area (Å²) in [5.41, 5.74) is 3.36. The Morgan fingerprint density at radius 2 is 1.41 bits per heavy atom. The first kappa shape index (κ1) is 36.9. The van der Waals surface area contributed by atoms with Crippen molar-refractivity contribution < 1.29 is 124 Å². The van der Waals surface area contributed by atoms with Gasteiger partial charge in [0, 0.05) is 17.5 Å². The second kappa shape index (κ2) is 19.9. The van der Waals surface area contributed by atoms with Crippen LogP contribution in [0, 0.1) is 0 Å². The van der Waals surface area contributed by atoms with E-state index in [1.165, 1.54) is 0 Å². The fourth-order valence-corrected chi connectivity index (χ4v) is 4.52. The molecule has 0 aliphatic heterocycles. The van der Waals surface area contributed by atoms with E-state index >= 15 is 0 Å². The molecule has 0 fully saturated rings. The Hall–Kier alpha value is -0.127. The van der Waals surface area contributed by atoms with Crippen LogP contribution in [-0.2, 0) is 16.1 Å². The van der Waals surface area contributed by atoms with Crippen molar-refractivity contribution in [2.75, 3.05) is 0 Å². The molecule has 0 amide bonds. The summed E-state index contributed by atoms with van der Waals surface area (Å²) in [6.45, 7) is -0.181. The van der Waals surface area contributed by atoms with Crippen LogP contribution in [-0.4, -0.2) is 27.2 Å². The van der Waals surface area contributed by atoms with Crippen molar-refractivity contribution in [1.82, 2.24) is 15.0 Å². The van der Waals surface area contributed by atoms with E-state index in [0.717, 1.165) is 20.9 Å². The number of pyridine rings is 2. The molecule has 0 saturated carbocycles. The van der Waals surface area contributed by atoms with Crippen molar-refractivity contribution in [3.05, 3.63) is 112 Å². The van der Waals surface area contributed by atoms with Crippen molar-refractivity contribution in [3.63, 3.8) is 0 Å². The number of carbonyl (C=O) groups excluding carboxylic acids is 2. The first-order valence-corrected chi connectivity index (χ1v) is 12.5. The van der Waals surface area contributed by atoms with Crippen LogP contribution in [0.25, 0.3) is 20.9 Å². The number of benzene rings is 2. The van der Waals surface area contributed by atoms with Crippen LogP contribution >= 0.6 is 46.1 Å². The summed E-state index contributed by atoms with van der Waals surface area (Å²) in [5.74, 6) is 0.0108. The quantitative estimate of drug-likeness (QED) is 0.0676. The molecule has 7 nitrogen and oxygen atoms in total. The minimum Gasteiger partial charge on any atom is -1.00 e. The number of hydrogen-bond acceptors (Lipinski definition) is 8. The fourth-order valence-electron chi connectivity index (χ4n) is 2.97. The smallest absolute Gasteiger partial charge is 1.00 e. The predicted molar refractivity (Wildman–Crippen MR) is 145 cm³/mol. The first-order valence-electron chi connectivity index (χ1n) is 10.5. The Kier molecular flexibility index (Phi) is 18.8. The van der Waals surface area contributed by atoms with Gasteiger partial charge in [-0.15, -0.1) is 0 Å². The summed E-state index contributed by atoms with van der Waals surface area (Å²) in [7, 11) is 0. The van der Waals surface area contributed by atoms with Crippen molar-refractivity contribution >= 4 is 68.7 Å². The standard InChI is InChI=1S/C13H9Cl2NO.C12H7ClN2S.CH2O3.2K.H/c14-12-7-6-10(13(15)16-12)8-11(17)9-4-2-1-3-5-9;13-10-7-6-9-12(15-10)16-11(14-9)8-4-2-1-3-5-8;2-1-4-3;;;/h1-7H,8H2;1-7H;1,3H;;;/q;;;2*+1;-1/p-1. The number of nitrogens with zero attached hydrogens (tertiary/aromatic N) is 3. The Balaban J connectivity index is 0.000000630. The number of fused-ring (bicyclic) bond motifs is 1. The van der Waals surface area contributed by atoms with Crippen LogP contribution in [0.2, 0.25) is 15.5 Å². The van der Waals surface area contributed by atoms with Crippen LogP contribution in [0.4, 0.5) is 0 Å². The van der Waals surface area contributed by atoms with Crippen LogP contribution in [0.5, 0.6) is 0 Å². The molecular formula is C26H18Cl3K2N3O4S. The number of hydrogen-bond donors (Lipinski definition) is 0. The summed E-state index contributed by atoms with van der Waals surface area (Å²) in [6.07, 6.45) is 0.229. The molecule has 3 aromatic heterocycles. The van der Waals surface area contributed by atoms with Crippen molar-refractivity contribution in [2.45, 2.75) is 6.42 Å². The van der Waals surface area contributed by atoms with Gasteiger partial charge < -0.3 is 11.6 Å². The van der Waals surface area contributed by atoms with Crippen LogP contribution < -0.4 is 108 Å². The van der Waals surface area contributed by atoms with Crippen LogP contribution in [0.3, 0.4) is 0 Å². The van der Waals surface area contributed by atoms with Crippen molar-refractivity contribution in [2.24, 2.45) is 0 Å². The van der Waals surface area contributed by atoms with Crippen molar-refractivity contribution in [3.8, 4) is 10.6 Å². The number of rotatable bonds is 5. The fraction of sp³-hybridized carbons (Fsp3) is 0.0385. The van der Waals surface area contributed by atoms with Crippen LogP contribution in [0.15, 0.2) is 84.9 Å². The average molecular weight is 653 g/mol. The van der Waals surface area contributed by atoms with Gasteiger partial charge in [0.2, 0.25) is 0 Å². The molecular weight excluding hydrogens is 635 g/mol. The Labute approximate surface area is 330 Å². The Bertz CT molecular complexity index is 1490. The molecule has 190 valence electrons. The predicted octanol–water partition coefficient (Wildman–Crippen LogP) is 0.381. The molecule has 0 aliphatic rings. The van der Waals surface area contributed by atoms with E-state index < -0.39 is 0 Å². The third-order valence-electron chi connectivity index (χ3n) is 4.62. The summed E-state index contributed by atoms with van der Waals surface area (Å²) >= 11 is 19.0. The zero-order valence-corrected chi connectivity index (χ0v) is 30.2. The molecule has 0 N–H and O–H groups in total. The molecule has 3 heterocycles. The number of ketones is 1.